The number of hydrogen-bond donors (Lipinski definition) is 0. The predicted molar refractivity (Wildman–Crippen MR) is 54.2 cm³/mol. The van der Waals surface area contributed by atoms with Gasteiger partial charge in [0, 0.05) is 11.8 Å². The molecule has 13 heavy (non-hydrogen) atoms. The van der Waals surface area contributed by atoms with Crippen molar-refractivity contribution in [2.75, 3.05) is 7.11 Å². The summed E-state index contributed by atoms with van der Waals surface area (Å²) in [5.74, 6) is 0.734. The molecule has 0 aliphatic carbocycles. The second-order valence-electron chi connectivity index (χ2n) is 4.32. The SMILES string of the molecule is COc1ncc(C)cc1C(C)(C)C. The number of aromatic nitrogens is 1. The van der Waals surface area contributed by atoms with Crippen LogP contribution in [-0.4, -0.2) is 12.1 Å². The Morgan fingerprint density at radius 3 is 2.38 bits per heavy atom. The Balaban J connectivity index is 3.24. The van der Waals surface area contributed by atoms with Gasteiger partial charge in [-0.25, -0.2) is 4.98 Å². The Hall–Kier alpha value is -1.05. The Bertz CT molecular complexity index is 299. The smallest absolute Gasteiger partial charge is 0.216 e. The first-order valence-electron chi connectivity index (χ1n) is 4.46. The van der Waals surface area contributed by atoms with Crippen LogP contribution in [0.25, 0.3) is 0 Å². The lowest BCUT2D eigenvalue weighted by Crippen LogP contribution is -2.13. The molecule has 0 atom stereocenters. The molecule has 0 saturated heterocycles. The molecule has 0 radical (unpaired) electrons. The fraction of sp³-hybridized carbons (Fsp3) is 0.545. The first-order chi connectivity index (χ1) is 5.95. The monoisotopic (exact) mass is 179 g/mol. The highest BCUT2D eigenvalue weighted by molar-refractivity contribution is 5.34. The summed E-state index contributed by atoms with van der Waals surface area (Å²) < 4.78 is 5.22. The van der Waals surface area contributed by atoms with Gasteiger partial charge in [0.1, 0.15) is 0 Å². The van der Waals surface area contributed by atoms with Crippen LogP contribution >= 0.6 is 0 Å². The summed E-state index contributed by atoms with van der Waals surface area (Å²) in [6, 6.07) is 2.13. The summed E-state index contributed by atoms with van der Waals surface area (Å²) in [6.45, 7) is 8.52. The molecule has 0 fully saturated rings. The molecular weight excluding hydrogens is 162 g/mol. The third-order valence-corrected chi connectivity index (χ3v) is 1.99. The first kappa shape index (κ1) is 10.0. The van der Waals surface area contributed by atoms with Crippen LogP contribution in [0.4, 0.5) is 0 Å². The average Bonchev–Trinajstić information content (AvgIpc) is 2.03. The molecule has 0 spiro atoms. The van der Waals surface area contributed by atoms with E-state index < -0.39 is 0 Å². The molecule has 72 valence electrons. The Kier molecular flexibility index (Phi) is 2.60. The van der Waals surface area contributed by atoms with Crippen LogP contribution in [0.15, 0.2) is 12.3 Å². The fourth-order valence-corrected chi connectivity index (χ4v) is 1.26. The molecule has 0 unspecified atom stereocenters. The van der Waals surface area contributed by atoms with E-state index in [4.69, 9.17) is 4.74 Å². The molecule has 1 aromatic rings. The maximum atomic E-state index is 5.22. The average molecular weight is 179 g/mol. The lowest BCUT2D eigenvalue weighted by Gasteiger charge is -2.21. The summed E-state index contributed by atoms with van der Waals surface area (Å²) in [5, 5.41) is 0. The van der Waals surface area contributed by atoms with Gasteiger partial charge in [-0.3, -0.25) is 0 Å². The lowest BCUT2D eigenvalue weighted by molar-refractivity contribution is 0.380. The van der Waals surface area contributed by atoms with Crippen molar-refractivity contribution >= 4 is 0 Å². The summed E-state index contributed by atoms with van der Waals surface area (Å²) >= 11 is 0. The van der Waals surface area contributed by atoms with E-state index in [1.807, 2.05) is 13.1 Å². The molecule has 1 heterocycles. The number of methoxy groups -OCH3 is 1. The largest absolute Gasteiger partial charge is 0.481 e. The minimum Gasteiger partial charge on any atom is -0.481 e. The quantitative estimate of drug-likeness (QED) is 0.661. The zero-order chi connectivity index (χ0) is 10.1. The highest BCUT2D eigenvalue weighted by Gasteiger charge is 2.19. The van der Waals surface area contributed by atoms with Crippen LogP contribution in [0.2, 0.25) is 0 Å². The van der Waals surface area contributed by atoms with Gasteiger partial charge in [0.25, 0.3) is 0 Å². The molecule has 0 aromatic carbocycles. The summed E-state index contributed by atoms with van der Waals surface area (Å²) in [6.07, 6.45) is 1.83. The van der Waals surface area contributed by atoms with Gasteiger partial charge in [0.15, 0.2) is 0 Å². The molecule has 0 N–H and O–H groups in total. The van der Waals surface area contributed by atoms with E-state index in [-0.39, 0.29) is 5.41 Å². The Morgan fingerprint density at radius 1 is 1.31 bits per heavy atom. The number of ether oxygens (including phenoxy) is 1. The van der Waals surface area contributed by atoms with Crippen molar-refractivity contribution in [3.8, 4) is 5.88 Å². The molecule has 0 aliphatic rings. The third kappa shape index (κ3) is 2.20. The highest BCUT2D eigenvalue weighted by atomic mass is 16.5. The Morgan fingerprint density at radius 2 is 1.92 bits per heavy atom. The highest BCUT2D eigenvalue weighted by Crippen LogP contribution is 2.29. The predicted octanol–water partition coefficient (Wildman–Crippen LogP) is 2.70. The molecule has 2 heteroatoms. The fourth-order valence-electron chi connectivity index (χ4n) is 1.26. The van der Waals surface area contributed by atoms with Gasteiger partial charge < -0.3 is 4.74 Å². The topological polar surface area (TPSA) is 22.1 Å². The second-order valence-corrected chi connectivity index (χ2v) is 4.32. The van der Waals surface area contributed by atoms with Crippen molar-refractivity contribution in [2.45, 2.75) is 33.1 Å². The van der Waals surface area contributed by atoms with Crippen molar-refractivity contribution in [1.29, 1.82) is 0 Å². The maximum absolute atomic E-state index is 5.22. The zero-order valence-corrected chi connectivity index (χ0v) is 9.01. The molecule has 0 amide bonds. The molecule has 2 nitrogen and oxygen atoms in total. The van der Waals surface area contributed by atoms with Gasteiger partial charge >= 0.3 is 0 Å². The lowest BCUT2D eigenvalue weighted by atomic mass is 9.87. The zero-order valence-electron chi connectivity index (χ0n) is 9.01. The van der Waals surface area contributed by atoms with Crippen LogP contribution in [0.1, 0.15) is 31.9 Å². The number of aryl methyl sites for hydroxylation is 1. The van der Waals surface area contributed by atoms with Gasteiger partial charge in [-0.1, -0.05) is 20.8 Å². The van der Waals surface area contributed by atoms with Crippen LogP contribution in [-0.2, 0) is 5.41 Å². The van der Waals surface area contributed by atoms with E-state index in [2.05, 4.69) is 31.8 Å². The molecule has 1 aromatic heterocycles. The third-order valence-electron chi connectivity index (χ3n) is 1.99. The van der Waals surface area contributed by atoms with Gasteiger partial charge in [0.05, 0.1) is 7.11 Å². The standard InChI is InChI=1S/C11H17NO/c1-8-6-9(11(2,3)4)10(13-5)12-7-8/h6-7H,1-5H3. The van der Waals surface area contributed by atoms with E-state index in [1.165, 1.54) is 5.56 Å². The number of pyridine rings is 1. The van der Waals surface area contributed by atoms with Crippen LogP contribution in [0.5, 0.6) is 5.88 Å². The number of rotatable bonds is 1. The van der Waals surface area contributed by atoms with Gasteiger partial charge in [0.2, 0.25) is 5.88 Å². The van der Waals surface area contributed by atoms with E-state index in [0.29, 0.717) is 0 Å². The van der Waals surface area contributed by atoms with Crippen molar-refractivity contribution in [2.24, 2.45) is 0 Å². The van der Waals surface area contributed by atoms with Gasteiger partial charge in [-0.15, -0.1) is 0 Å². The van der Waals surface area contributed by atoms with E-state index in [1.54, 1.807) is 7.11 Å². The minimum atomic E-state index is 0.0877. The minimum absolute atomic E-state index is 0.0877. The van der Waals surface area contributed by atoms with Crippen LogP contribution in [0, 0.1) is 6.92 Å². The summed E-state index contributed by atoms with van der Waals surface area (Å²) in [4.78, 5) is 4.24. The second kappa shape index (κ2) is 3.36. The van der Waals surface area contributed by atoms with Crippen LogP contribution < -0.4 is 4.74 Å². The van der Waals surface area contributed by atoms with Crippen molar-refractivity contribution in [3.05, 3.63) is 23.4 Å². The molecule has 0 bridgehead atoms. The number of hydrogen-bond acceptors (Lipinski definition) is 2. The molecule has 0 saturated carbocycles. The van der Waals surface area contributed by atoms with Gasteiger partial charge in [-0.05, 0) is 24.0 Å². The first-order valence-corrected chi connectivity index (χ1v) is 4.46. The van der Waals surface area contributed by atoms with Crippen molar-refractivity contribution < 1.29 is 4.74 Å². The van der Waals surface area contributed by atoms with Crippen molar-refractivity contribution in [1.82, 2.24) is 4.98 Å². The summed E-state index contributed by atoms with van der Waals surface area (Å²) in [5.41, 5.74) is 2.42. The molecular formula is C11H17NO. The van der Waals surface area contributed by atoms with Gasteiger partial charge in [-0.2, -0.15) is 0 Å². The normalized spacial score (nSPS) is 11.5. The molecule has 1 rings (SSSR count). The summed E-state index contributed by atoms with van der Waals surface area (Å²) in [7, 11) is 1.66. The van der Waals surface area contributed by atoms with E-state index >= 15 is 0 Å². The van der Waals surface area contributed by atoms with E-state index in [9.17, 15) is 0 Å². The van der Waals surface area contributed by atoms with E-state index in [0.717, 1.165) is 11.4 Å². The molecule has 0 aliphatic heterocycles. The van der Waals surface area contributed by atoms with Crippen LogP contribution in [0.3, 0.4) is 0 Å². The maximum Gasteiger partial charge on any atom is 0.216 e. The number of nitrogens with zero attached hydrogens (tertiary/aromatic N) is 1. The van der Waals surface area contributed by atoms with Crippen molar-refractivity contribution in [3.63, 3.8) is 0 Å². The Labute approximate surface area is 80.0 Å².